The quantitative estimate of drug-likeness (QED) is 0.540. The van der Waals surface area contributed by atoms with Crippen molar-refractivity contribution >= 4 is 21.8 Å². The minimum absolute atomic E-state index is 0.202. The van der Waals surface area contributed by atoms with E-state index in [0.29, 0.717) is 0 Å². The van der Waals surface area contributed by atoms with Crippen LogP contribution in [0, 0.1) is 6.92 Å². The minimum Gasteiger partial charge on any atom is -0.200 e. The summed E-state index contributed by atoms with van der Waals surface area (Å²) >= 11 is 0. The number of nitrogens with zero attached hydrogens (tertiary/aromatic N) is 1. The highest BCUT2D eigenvalue weighted by Crippen LogP contribution is 2.36. The van der Waals surface area contributed by atoms with Crippen molar-refractivity contribution in [2.75, 3.05) is 0 Å². The number of allylic oxidation sites excluding steroid dienone is 4. The summed E-state index contributed by atoms with van der Waals surface area (Å²) in [5.74, 6) is 0. The van der Waals surface area contributed by atoms with Crippen molar-refractivity contribution in [3.8, 4) is 0 Å². The molecule has 0 heterocycles. The summed E-state index contributed by atoms with van der Waals surface area (Å²) in [5, 5.41) is 4.03. The number of rotatable bonds is 6. The van der Waals surface area contributed by atoms with Crippen LogP contribution in [0.1, 0.15) is 49.8 Å². The first-order valence-corrected chi connectivity index (χ1v) is 10.9. The number of sulfonamides is 1. The van der Waals surface area contributed by atoms with Gasteiger partial charge in [0.1, 0.15) is 0 Å². The van der Waals surface area contributed by atoms with Gasteiger partial charge in [0.05, 0.1) is 11.1 Å². The van der Waals surface area contributed by atoms with E-state index in [9.17, 15) is 8.42 Å². The van der Waals surface area contributed by atoms with E-state index in [1.54, 1.807) is 30.5 Å². The molecule has 0 amide bonds. The van der Waals surface area contributed by atoms with Gasteiger partial charge in [0.2, 0.25) is 0 Å². The number of hydrogen-bond donors (Lipinski definition) is 1. The highest BCUT2D eigenvalue weighted by atomic mass is 32.2. The standard InChI is InChI=1S/C23H26N2O2S/c1-17(2)15-19-8-6-10-22(19)23-9-5-4-7-20(23)16-24-25-28(26,27)21-13-11-18(3)12-14-21/h4-5,7,9,11-16,25H,6,8,10H2,1-3H3/b24-16+. The summed E-state index contributed by atoms with van der Waals surface area (Å²) in [7, 11) is -3.68. The lowest BCUT2D eigenvalue weighted by Gasteiger charge is -2.09. The molecule has 0 unspecified atom stereocenters. The molecule has 28 heavy (non-hydrogen) atoms. The molecule has 0 saturated heterocycles. The molecule has 0 aliphatic heterocycles. The Hall–Kier alpha value is -2.66. The fraction of sp³-hybridized carbons (Fsp3) is 0.261. The number of nitrogens with one attached hydrogen (secondary N) is 1. The molecule has 0 fully saturated rings. The molecule has 2 aromatic rings. The minimum atomic E-state index is -3.68. The lowest BCUT2D eigenvalue weighted by molar-refractivity contribution is 0.584. The molecular formula is C23H26N2O2S. The molecule has 0 spiro atoms. The summed E-state index contributed by atoms with van der Waals surface area (Å²) in [5.41, 5.74) is 7.00. The first-order chi connectivity index (χ1) is 13.4. The molecule has 0 atom stereocenters. The van der Waals surface area contributed by atoms with Gasteiger partial charge in [-0.1, -0.05) is 53.6 Å². The van der Waals surface area contributed by atoms with Gasteiger partial charge >= 0.3 is 0 Å². The van der Waals surface area contributed by atoms with Crippen molar-refractivity contribution in [2.24, 2.45) is 5.10 Å². The molecule has 3 rings (SSSR count). The van der Waals surface area contributed by atoms with Crippen LogP contribution in [0.3, 0.4) is 0 Å². The lowest BCUT2D eigenvalue weighted by Crippen LogP contribution is -2.18. The van der Waals surface area contributed by atoms with E-state index in [2.05, 4.69) is 35.9 Å². The fourth-order valence-electron chi connectivity index (χ4n) is 3.40. The third-order valence-electron chi connectivity index (χ3n) is 4.72. The molecule has 146 valence electrons. The predicted molar refractivity (Wildman–Crippen MR) is 116 cm³/mol. The molecule has 1 N–H and O–H groups in total. The van der Waals surface area contributed by atoms with Gasteiger partial charge in [-0.25, -0.2) is 4.83 Å². The predicted octanol–water partition coefficient (Wildman–Crippen LogP) is 5.21. The van der Waals surface area contributed by atoms with E-state index in [1.165, 1.54) is 16.7 Å². The van der Waals surface area contributed by atoms with Gasteiger partial charge in [0.25, 0.3) is 10.0 Å². The summed E-state index contributed by atoms with van der Waals surface area (Å²) < 4.78 is 24.8. The first-order valence-electron chi connectivity index (χ1n) is 9.45. The molecular weight excluding hydrogens is 368 g/mol. The average molecular weight is 395 g/mol. The molecule has 5 heteroatoms. The van der Waals surface area contributed by atoms with E-state index in [0.717, 1.165) is 36.0 Å². The van der Waals surface area contributed by atoms with E-state index < -0.39 is 10.0 Å². The summed E-state index contributed by atoms with van der Waals surface area (Å²) in [4.78, 5) is 2.52. The van der Waals surface area contributed by atoms with E-state index in [4.69, 9.17) is 0 Å². The van der Waals surface area contributed by atoms with Crippen LogP contribution in [0.25, 0.3) is 5.57 Å². The highest BCUT2D eigenvalue weighted by Gasteiger charge is 2.17. The summed E-state index contributed by atoms with van der Waals surface area (Å²) in [6.45, 7) is 6.13. The lowest BCUT2D eigenvalue weighted by atomic mass is 9.96. The monoisotopic (exact) mass is 394 g/mol. The maximum absolute atomic E-state index is 12.4. The van der Waals surface area contributed by atoms with Gasteiger partial charge in [0.15, 0.2) is 0 Å². The number of hydrogen-bond acceptors (Lipinski definition) is 3. The molecule has 4 nitrogen and oxygen atoms in total. The molecule has 2 aromatic carbocycles. The van der Waals surface area contributed by atoms with Gasteiger partial charge in [0, 0.05) is 5.56 Å². The van der Waals surface area contributed by atoms with Crippen LogP contribution in [-0.2, 0) is 10.0 Å². The third-order valence-corrected chi connectivity index (χ3v) is 5.96. The number of aryl methyl sites for hydroxylation is 1. The van der Waals surface area contributed by atoms with Crippen molar-refractivity contribution in [3.05, 3.63) is 82.4 Å². The molecule has 0 bridgehead atoms. The number of hydrazone groups is 1. The zero-order valence-electron chi connectivity index (χ0n) is 16.6. The fourth-order valence-corrected chi connectivity index (χ4v) is 4.19. The SMILES string of the molecule is CC(C)=CC1=C(c2ccccc2/C=N/NS(=O)(=O)c2ccc(C)cc2)CCC1. The van der Waals surface area contributed by atoms with Crippen LogP contribution in [0.2, 0.25) is 0 Å². The van der Waals surface area contributed by atoms with Crippen LogP contribution < -0.4 is 4.83 Å². The third kappa shape index (κ3) is 4.78. The van der Waals surface area contributed by atoms with Crippen molar-refractivity contribution in [1.29, 1.82) is 0 Å². The van der Waals surface area contributed by atoms with Crippen molar-refractivity contribution < 1.29 is 8.42 Å². The molecule has 1 aliphatic carbocycles. The van der Waals surface area contributed by atoms with Crippen LogP contribution in [0.5, 0.6) is 0 Å². The Balaban J connectivity index is 1.86. The number of benzene rings is 2. The topological polar surface area (TPSA) is 58.5 Å². The van der Waals surface area contributed by atoms with Gasteiger partial charge in [-0.15, -0.1) is 0 Å². The second kappa shape index (κ2) is 8.57. The van der Waals surface area contributed by atoms with Gasteiger partial charge in [-0.2, -0.15) is 13.5 Å². The van der Waals surface area contributed by atoms with E-state index >= 15 is 0 Å². The Bertz CT molecular complexity index is 1040. The Morgan fingerprint density at radius 2 is 1.75 bits per heavy atom. The normalized spacial score (nSPS) is 14.5. The maximum atomic E-state index is 12.4. The van der Waals surface area contributed by atoms with Crippen LogP contribution in [0.4, 0.5) is 0 Å². The largest absolute Gasteiger partial charge is 0.276 e. The zero-order valence-corrected chi connectivity index (χ0v) is 17.4. The maximum Gasteiger partial charge on any atom is 0.276 e. The average Bonchev–Trinajstić information content (AvgIpc) is 3.09. The Labute approximate surface area is 167 Å². The van der Waals surface area contributed by atoms with Crippen molar-refractivity contribution in [1.82, 2.24) is 4.83 Å². The van der Waals surface area contributed by atoms with Crippen molar-refractivity contribution in [3.63, 3.8) is 0 Å². The van der Waals surface area contributed by atoms with Gasteiger partial charge in [-0.05, 0) is 68.9 Å². The van der Waals surface area contributed by atoms with Crippen molar-refractivity contribution in [2.45, 2.75) is 44.9 Å². The zero-order chi connectivity index (χ0) is 20.1. The van der Waals surface area contributed by atoms with Crippen LogP contribution >= 0.6 is 0 Å². The van der Waals surface area contributed by atoms with Gasteiger partial charge in [-0.3, -0.25) is 0 Å². The van der Waals surface area contributed by atoms with Crippen LogP contribution in [0.15, 0.2) is 75.8 Å². The Kier molecular flexibility index (Phi) is 6.15. The first kappa shape index (κ1) is 20.1. The molecule has 0 radical (unpaired) electrons. The smallest absolute Gasteiger partial charge is 0.200 e. The second-order valence-electron chi connectivity index (χ2n) is 7.33. The molecule has 1 aliphatic rings. The van der Waals surface area contributed by atoms with Crippen LogP contribution in [-0.4, -0.2) is 14.6 Å². The summed E-state index contributed by atoms with van der Waals surface area (Å²) in [6, 6.07) is 14.7. The highest BCUT2D eigenvalue weighted by molar-refractivity contribution is 7.89. The summed E-state index contributed by atoms with van der Waals surface area (Å²) in [6.07, 6.45) is 7.08. The molecule has 0 aromatic heterocycles. The van der Waals surface area contributed by atoms with E-state index in [1.807, 2.05) is 25.1 Å². The van der Waals surface area contributed by atoms with E-state index in [-0.39, 0.29) is 4.90 Å². The van der Waals surface area contributed by atoms with Gasteiger partial charge < -0.3 is 0 Å². The second-order valence-corrected chi connectivity index (χ2v) is 8.99. The Morgan fingerprint density at radius 1 is 1.04 bits per heavy atom. The Morgan fingerprint density at radius 3 is 2.46 bits per heavy atom. The molecule has 0 saturated carbocycles.